The summed E-state index contributed by atoms with van der Waals surface area (Å²) in [6.07, 6.45) is 1.24. The fourth-order valence-corrected chi connectivity index (χ4v) is 2.66. The summed E-state index contributed by atoms with van der Waals surface area (Å²) < 4.78 is 12.8. The Bertz CT molecular complexity index is 535. The molecule has 1 saturated heterocycles. The zero-order valence-electron chi connectivity index (χ0n) is 12.4. The summed E-state index contributed by atoms with van der Waals surface area (Å²) in [6.45, 7) is 2.99. The van der Waals surface area contributed by atoms with Crippen LogP contribution >= 0.6 is 0 Å². The normalized spacial score (nSPS) is 19.6. The Morgan fingerprint density at radius 2 is 2.09 bits per heavy atom. The molecule has 0 saturated carbocycles. The molecular weight excluding hydrogens is 289 g/mol. The summed E-state index contributed by atoms with van der Waals surface area (Å²) in [5.41, 5.74) is 0.505. The fraction of sp³-hybridized carbons (Fsp3) is 0.467. The van der Waals surface area contributed by atoms with E-state index in [4.69, 9.17) is 5.11 Å². The number of likely N-dealkylation sites (tertiary alicyclic amines) is 1. The molecule has 0 radical (unpaired) electrons. The molecule has 0 aromatic heterocycles. The number of anilines is 1. The number of halogens is 1. The highest BCUT2D eigenvalue weighted by Crippen LogP contribution is 2.15. The number of rotatable bonds is 5. The number of hydrogen-bond acceptors (Lipinski definition) is 3. The molecule has 22 heavy (non-hydrogen) atoms. The average Bonchev–Trinajstić information content (AvgIpc) is 2.90. The van der Waals surface area contributed by atoms with Crippen LogP contribution in [0.1, 0.15) is 19.8 Å². The van der Waals surface area contributed by atoms with Gasteiger partial charge in [0, 0.05) is 24.8 Å². The minimum Gasteiger partial charge on any atom is -0.480 e. The second-order valence-corrected chi connectivity index (χ2v) is 5.35. The number of benzene rings is 1. The van der Waals surface area contributed by atoms with Gasteiger partial charge in [-0.3, -0.25) is 9.69 Å². The van der Waals surface area contributed by atoms with Gasteiger partial charge in [0.1, 0.15) is 11.9 Å². The topological polar surface area (TPSA) is 81.7 Å². The highest BCUT2D eigenvalue weighted by atomic mass is 19.1. The van der Waals surface area contributed by atoms with Crippen LogP contribution in [0.3, 0.4) is 0 Å². The SMILES string of the molecule is CCC(C(=O)O)N1CCC(NC(=O)Nc2ccc(F)cc2)C1. The minimum atomic E-state index is -0.834. The standard InChI is InChI=1S/C15H20FN3O3/c1-2-13(14(20)21)19-8-7-12(9-19)18-15(22)17-11-5-3-10(16)4-6-11/h3-6,12-13H,2,7-9H2,1H3,(H,20,21)(H2,17,18,22). The van der Waals surface area contributed by atoms with Crippen molar-refractivity contribution in [2.75, 3.05) is 18.4 Å². The van der Waals surface area contributed by atoms with Gasteiger partial charge in [0.2, 0.25) is 0 Å². The van der Waals surface area contributed by atoms with Crippen molar-refractivity contribution < 1.29 is 19.1 Å². The van der Waals surface area contributed by atoms with Crippen molar-refractivity contribution in [2.24, 2.45) is 0 Å². The lowest BCUT2D eigenvalue weighted by Crippen LogP contribution is -2.43. The molecule has 3 N–H and O–H groups in total. The Morgan fingerprint density at radius 1 is 1.41 bits per heavy atom. The number of carbonyl (C=O) groups is 2. The van der Waals surface area contributed by atoms with E-state index in [1.54, 1.807) is 0 Å². The van der Waals surface area contributed by atoms with Gasteiger partial charge in [-0.15, -0.1) is 0 Å². The van der Waals surface area contributed by atoms with E-state index in [2.05, 4.69) is 10.6 Å². The van der Waals surface area contributed by atoms with Gasteiger partial charge in [-0.05, 0) is 37.1 Å². The second-order valence-electron chi connectivity index (χ2n) is 5.35. The molecule has 2 atom stereocenters. The Balaban J connectivity index is 1.83. The first kappa shape index (κ1) is 16.2. The third kappa shape index (κ3) is 4.17. The Kier molecular flexibility index (Phi) is 5.32. The van der Waals surface area contributed by atoms with Crippen LogP contribution in [0.2, 0.25) is 0 Å². The highest BCUT2D eigenvalue weighted by Gasteiger charge is 2.31. The molecule has 0 aliphatic carbocycles. The maximum atomic E-state index is 12.8. The van der Waals surface area contributed by atoms with E-state index in [-0.39, 0.29) is 17.9 Å². The van der Waals surface area contributed by atoms with Crippen LogP contribution in [0, 0.1) is 5.82 Å². The van der Waals surface area contributed by atoms with E-state index in [9.17, 15) is 14.0 Å². The van der Waals surface area contributed by atoms with Gasteiger partial charge in [-0.1, -0.05) is 6.92 Å². The Labute approximate surface area is 128 Å². The Morgan fingerprint density at radius 3 is 2.68 bits per heavy atom. The Hall–Kier alpha value is -2.15. The van der Waals surface area contributed by atoms with Crippen LogP contribution in [-0.4, -0.2) is 47.2 Å². The van der Waals surface area contributed by atoms with Gasteiger partial charge in [0.05, 0.1) is 0 Å². The molecule has 2 rings (SSSR count). The van der Waals surface area contributed by atoms with Gasteiger partial charge >= 0.3 is 12.0 Å². The molecule has 0 spiro atoms. The van der Waals surface area contributed by atoms with Crippen molar-refractivity contribution in [1.82, 2.24) is 10.2 Å². The molecule has 120 valence electrons. The number of urea groups is 1. The number of aliphatic carboxylic acids is 1. The minimum absolute atomic E-state index is 0.0890. The zero-order chi connectivity index (χ0) is 16.1. The molecule has 7 heteroatoms. The van der Waals surface area contributed by atoms with Crippen LogP contribution < -0.4 is 10.6 Å². The van der Waals surface area contributed by atoms with Crippen molar-refractivity contribution in [3.8, 4) is 0 Å². The number of carboxylic acids is 1. The molecule has 0 bridgehead atoms. The van der Waals surface area contributed by atoms with Crippen molar-refractivity contribution in [2.45, 2.75) is 31.8 Å². The monoisotopic (exact) mass is 309 g/mol. The van der Waals surface area contributed by atoms with E-state index < -0.39 is 12.0 Å². The van der Waals surface area contributed by atoms with Crippen molar-refractivity contribution in [3.05, 3.63) is 30.1 Å². The molecule has 2 amide bonds. The summed E-state index contributed by atoms with van der Waals surface area (Å²) in [4.78, 5) is 24.9. The van der Waals surface area contributed by atoms with Gasteiger partial charge in [0.25, 0.3) is 0 Å². The summed E-state index contributed by atoms with van der Waals surface area (Å²) in [6, 6.07) is 4.53. The number of carbonyl (C=O) groups excluding carboxylic acids is 1. The molecule has 1 fully saturated rings. The molecule has 1 heterocycles. The summed E-state index contributed by atoms with van der Waals surface area (Å²) in [5.74, 6) is -1.20. The lowest BCUT2D eigenvalue weighted by atomic mass is 10.2. The smallest absolute Gasteiger partial charge is 0.320 e. The van der Waals surface area contributed by atoms with Gasteiger partial charge in [0.15, 0.2) is 0 Å². The van der Waals surface area contributed by atoms with Crippen molar-refractivity contribution >= 4 is 17.7 Å². The van der Waals surface area contributed by atoms with Gasteiger partial charge < -0.3 is 15.7 Å². The molecule has 2 unspecified atom stereocenters. The maximum Gasteiger partial charge on any atom is 0.320 e. The third-order valence-electron chi connectivity index (χ3n) is 3.77. The quantitative estimate of drug-likeness (QED) is 0.776. The van der Waals surface area contributed by atoms with E-state index in [0.29, 0.717) is 31.6 Å². The van der Waals surface area contributed by atoms with E-state index in [1.807, 2.05) is 11.8 Å². The van der Waals surface area contributed by atoms with Crippen LogP contribution in [-0.2, 0) is 4.79 Å². The van der Waals surface area contributed by atoms with Crippen LogP contribution in [0.25, 0.3) is 0 Å². The number of hydrogen-bond donors (Lipinski definition) is 3. The number of carboxylic acid groups (broad SMARTS) is 1. The molecule has 1 aromatic rings. The first-order chi connectivity index (χ1) is 10.5. The van der Waals surface area contributed by atoms with Crippen molar-refractivity contribution in [3.63, 3.8) is 0 Å². The van der Waals surface area contributed by atoms with E-state index in [1.165, 1.54) is 24.3 Å². The summed E-state index contributed by atoms with van der Waals surface area (Å²) in [7, 11) is 0. The van der Waals surface area contributed by atoms with E-state index in [0.717, 1.165) is 0 Å². The van der Waals surface area contributed by atoms with Crippen LogP contribution in [0.5, 0.6) is 0 Å². The zero-order valence-corrected chi connectivity index (χ0v) is 12.4. The summed E-state index contributed by atoms with van der Waals surface area (Å²) >= 11 is 0. The fourth-order valence-electron chi connectivity index (χ4n) is 2.66. The molecular formula is C15H20FN3O3. The summed E-state index contributed by atoms with van der Waals surface area (Å²) in [5, 5.41) is 14.6. The number of amides is 2. The predicted molar refractivity (Wildman–Crippen MR) is 80.2 cm³/mol. The van der Waals surface area contributed by atoms with Gasteiger partial charge in [-0.25, -0.2) is 9.18 Å². The molecule has 6 nitrogen and oxygen atoms in total. The highest BCUT2D eigenvalue weighted by molar-refractivity contribution is 5.89. The number of nitrogens with one attached hydrogen (secondary N) is 2. The largest absolute Gasteiger partial charge is 0.480 e. The van der Waals surface area contributed by atoms with Gasteiger partial charge in [-0.2, -0.15) is 0 Å². The van der Waals surface area contributed by atoms with Crippen molar-refractivity contribution in [1.29, 1.82) is 0 Å². The lowest BCUT2D eigenvalue weighted by Gasteiger charge is -2.23. The second kappa shape index (κ2) is 7.22. The molecule has 1 aliphatic heterocycles. The first-order valence-electron chi connectivity index (χ1n) is 7.29. The first-order valence-corrected chi connectivity index (χ1v) is 7.29. The lowest BCUT2D eigenvalue weighted by molar-refractivity contribution is -0.143. The maximum absolute atomic E-state index is 12.8. The average molecular weight is 309 g/mol. The molecule has 1 aliphatic rings. The van der Waals surface area contributed by atoms with E-state index >= 15 is 0 Å². The predicted octanol–water partition coefficient (Wildman–Crippen LogP) is 1.88. The molecule has 1 aromatic carbocycles. The third-order valence-corrected chi connectivity index (χ3v) is 3.77. The van der Waals surface area contributed by atoms with Crippen LogP contribution in [0.15, 0.2) is 24.3 Å². The van der Waals surface area contributed by atoms with Crippen LogP contribution in [0.4, 0.5) is 14.9 Å². The number of nitrogens with zero attached hydrogens (tertiary/aromatic N) is 1.